The van der Waals surface area contributed by atoms with Gasteiger partial charge in [0.2, 0.25) is 5.91 Å². The molecule has 0 spiro atoms. The fourth-order valence-corrected chi connectivity index (χ4v) is 5.32. The number of piperazine rings is 1. The van der Waals surface area contributed by atoms with Gasteiger partial charge in [0.25, 0.3) is 11.8 Å². The number of thiophene rings is 1. The first-order valence-electron chi connectivity index (χ1n) is 11.5. The lowest BCUT2D eigenvalue weighted by Gasteiger charge is -2.45. The van der Waals surface area contributed by atoms with Crippen LogP contribution in [0.3, 0.4) is 0 Å². The smallest absolute Gasteiger partial charge is 0.324 e. The predicted octanol–water partition coefficient (Wildman–Crippen LogP) is 4.70. The van der Waals surface area contributed by atoms with Crippen molar-refractivity contribution < 1.29 is 28.8 Å². The molecule has 1 saturated heterocycles. The normalized spacial score (nSPS) is 15.3. The van der Waals surface area contributed by atoms with Crippen LogP contribution in [0, 0.1) is 5.82 Å². The molecule has 0 bridgehead atoms. The monoisotopic (exact) mass is 587 g/mol. The van der Waals surface area contributed by atoms with Gasteiger partial charge in [-0.3, -0.25) is 24.9 Å². The van der Waals surface area contributed by atoms with Crippen LogP contribution in [0.15, 0.2) is 18.2 Å². The molecule has 38 heavy (non-hydrogen) atoms. The fourth-order valence-electron chi connectivity index (χ4n) is 3.86. The molecule has 206 valence electrons. The minimum absolute atomic E-state index is 0.0742. The quantitative estimate of drug-likeness (QED) is 0.229. The first-order chi connectivity index (χ1) is 17.6. The standard InChI is InChI=1S/C24H28Cl2FN5O5S/c1-23(2,3)15-10-12(19(38-15)29-22(36)28-14-7-6-13(27)17(25)18(14)26)20(34)32-9-8-31(11-16(33)30-37)21(35)24(32,4)5/h6-7,10,37H,8-9,11H2,1-5H3,(H,30,33)(H2,28,29,36). The largest absolute Gasteiger partial charge is 0.330 e. The maximum atomic E-state index is 13.8. The van der Waals surface area contributed by atoms with Crippen molar-refractivity contribution in [1.82, 2.24) is 15.3 Å². The molecule has 0 unspecified atom stereocenters. The van der Waals surface area contributed by atoms with E-state index < -0.39 is 35.1 Å². The predicted molar refractivity (Wildman–Crippen MR) is 144 cm³/mol. The summed E-state index contributed by atoms with van der Waals surface area (Å²) in [4.78, 5) is 54.8. The Kier molecular flexibility index (Phi) is 8.61. The highest BCUT2D eigenvalue weighted by molar-refractivity contribution is 7.16. The minimum Gasteiger partial charge on any atom is -0.330 e. The summed E-state index contributed by atoms with van der Waals surface area (Å²) < 4.78 is 13.6. The van der Waals surface area contributed by atoms with Gasteiger partial charge in [0.1, 0.15) is 22.9 Å². The molecule has 1 aromatic carbocycles. The van der Waals surface area contributed by atoms with Crippen LogP contribution >= 0.6 is 34.5 Å². The summed E-state index contributed by atoms with van der Waals surface area (Å²) in [5.41, 5.74) is 0.0846. The van der Waals surface area contributed by atoms with E-state index in [1.807, 2.05) is 20.8 Å². The molecule has 0 radical (unpaired) electrons. The number of rotatable bonds is 5. The number of carbonyl (C=O) groups is 4. The molecule has 2 aromatic rings. The van der Waals surface area contributed by atoms with E-state index in [-0.39, 0.29) is 51.3 Å². The van der Waals surface area contributed by atoms with E-state index in [0.29, 0.717) is 0 Å². The zero-order valence-electron chi connectivity index (χ0n) is 21.4. The van der Waals surface area contributed by atoms with Crippen LogP contribution in [0.25, 0.3) is 0 Å². The summed E-state index contributed by atoms with van der Waals surface area (Å²) in [7, 11) is 0. The van der Waals surface area contributed by atoms with Gasteiger partial charge in [-0.05, 0) is 37.5 Å². The molecule has 1 fully saturated rings. The Balaban J connectivity index is 1.90. The van der Waals surface area contributed by atoms with Gasteiger partial charge < -0.3 is 15.1 Å². The van der Waals surface area contributed by atoms with E-state index in [1.165, 1.54) is 32.7 Å². The van der Waals surface area contributed by atoms with Gasteiger partial charge in [0.05, 0.1) is 21.3 Å². The van der Waals surface area contributed by atoms with Crippen molar-refractivity contribution in [3.8, 4) is 0 Å². The number of hydrogen-bond acceptors (Lipinski definition) is 6. The summed E-state index contributed by atoms with van der Waals surface area (Å²) in [5.74, 6) is -2.44. The third-order valence-electron chi connectivity index (χ3n) is 6.00. The summed E-state index contributed by atoms with van der Waals surface area (Å²) in [6.45, 7) is 8.83. The number of benzene rings is 1. The SMILES string of the molecule is CC(C)(C)c1cc(C(=O)N2CCN(CC(=O)NO)C(=O)C2(C)C)c(NC(=O)Nc2ccc(F)c(Cl)c2Cl)s1. The summed E-state index contributed by atoms with van der Waals surface area (Å²) in [5, 5.41) is 13.7. The van der Waals surface area contributed by atoms with Crippen molar-refractivity contribution in [2.75, 3.05) is 30.3 Å². The maximum absolute atomic E-state index is 13.8. The van der Waals surface area contributed by atoms with Gasteiger partial charge >= 0.3 is 6.03 Å². The van der Waals surface area contributed by atoms with Crippen molar-refractivity contribution in [2.24, 2.45) is 0 Å². The number of amides is 5. The van der Waals surface area contributed by atoms with Crippen molar-refractivity contribution in [1.29, 1.82) is 0 Å². The van der Waals surface area contributed by atoms with Crippen molar-refractivity contribution in [3.05, 3.63) is 44.5 Å². The van der Waals surface area contributed by atoms with Crippen LogP contribution in [-0.2, 0) is 15.0 Å². The third-order valence-corrected chi connectivity index (χ3v) is 8.33. The van der Waals surface area contributed by atoms with Crippen LogP contribution in [0.5, 0.6) is 0 Å². The van der Waals surface area contributed by atoms with E-state index in [0.717, 1.165) is 10.9 Å². The summed E-state index contributed by atoms with van der Waals surface area (Å²) in [6.07, 6.45) is 0. The second kappa shape index (κ2) is 11.0. The van der Waals surface area contributed by atoms with E-state index >= 15 is 0 Å². The molecule has 0 saturated carbocycles. The Morgan fingerprint density at radius 3 is 2.39 bits per heavy atom. The van der Waals surface area contributed by atoms with Crippen molar-refractivity contribution in [2.45, 2.75) is 45.6 Å². The highest BCUT2D eigenvalue weighted by Gasteiger charge is 2.45. The number of nitrogens with one attached hydrogen (secondary N) is 3. The molecule has 1 aliphatic heterocycles. The van der Waals surface area contributed by atoms with Gasteiger partial charge in [0, 0.05) is 18.0 Å². The zero-order chi connectivity index (χ0) is 28.6. The molecular formula is C24H28Cl2FN5O5S. The zero-order valence-corrected chi connectivity index (χ0v) is 23.7. The number of halogens is 3. The first-order valence-corrected chi connectivity index (χ1v) is 13.0. The van der Waals surface area contributed by atoms with Crippen LogP contribution in [0.1, 0.15) is 49.9 Å². The van der Waals surface area contributed by atoms with Crippen LogP contribution in [-0.4, -0.2) is 63.9 Å². The first kappa shape index (κ1) is 29.6. The van der Waals surface area contributed by atoms with Gasteiger partial charge in [-0.2, -0.15) is 0 Å². The minimum atomic E-state index is -1.31. The Bertz CT molecular complexity index is 1290. The third kappa shape index (κ3) is 6.04. The van der Waals surface area contributed by atoms with Crippen LogP contribution in [0.4, 0.5) is 19.9 Å². The van der Waals surface area contributed by atoms with Crippen LogP contribution in [0.2, 0.25) is 10.0 Å². The molecule has 4 N–H and O–H groups in total. The number of hydroxylamine groups is 1. The summed E-state index contributed by atoms with van der Waals surface area (Å²) >= 11 is 13.1. The topological polar surface area (TPSA) is 131 Å². The van der Waals surface area contributed by atoms with Gasteiger partial charge in [-0.1, -0.05) is 44.0 Å². The lowest BCUT2D eigenvalue weighted by atomic mass is 9.93. The van der Waals surface area contributed by atoms with Gasteiger partial charge in [-0.15, -0.1) is 11.3 Å². The maximum Gasteiger partial charge on any atom is 0.324 e. The number of anilines is 2. The highest BCUT2D eigenvalue weighted by atomic mass is 35.5. The van der Waals surface area contributed by atoms with E-state index in [4.69, 9.17) is 28.4 Å². The summed E-state index contributed by atoms with van der Waals surface area (Å²) in [6, 6.07) is 3.26. The van der Waals surface area contributed by atoms with Crippen molar-refractivity contribution in [3.63, 3.8) is 0 Å². The van der Waals surface area contributed by atoms with Crippen molar-refractivity contribution >= 4 is 69.0 Å². The second-order valence-electron chi connectivity index (χ2n) is 10.2. The average molecular weight is 588 g/mol. The number of urea groups is 1. The molecule has 14 heteroatoms. The highest BCUT2D eigenvalue weighted by Crippen LogP contribution is 2.38. The lowest BCUT2D eigenvalue weighted by Crippen LogP contribution is -2.65. The van der Waals surface area contributed by atoms with Crippen LogP contribution < -0.4 is 16.1 Å². The van der Waals surface area contributed by atoms with Gasteiger partial charge in [0.15, 0.2) is 0 Å². The lowest BCUT2D eigenvalue weighted by molar-refractivity contribution is -0.150. The molecule has 3 rings (SSSR count). The molecule has 0 atom stereocenters. The fraction of sp³-hybridized carbons (Fsp3) is 0.417. The number of nitrogens with zero attached hydrogens (tertiary/aromatic N) is 2. The molecule has 1 aliphatic rings. The molecule has 2 heterocycles. The second-order valence-corrected chi connectivity index (χ2v) is 12.0. The Hall–Kier alpha value is -2.93. The number of carbonyl (C=O) groups excluding carboxylic acids is 4. The Morgan fingerprint density at radius 1 is 1.13 bits per heavy atom. The molecule has 1 aromatic heterocycles. The van der Waals surface area contributed by atoms with E-state index in [2.05, 4.69) is 10.6 Å². The van der Waals surface area contributed by atoms with E-state index in [9.17, 15) is 23.6 Å². The number of hydrogen-bond donors (Lipinski definition) is 4. The molecular weight excluding hydrogens is 560 g/mol. The van der Waals surface area contributed by atoms with E-state index in [1.54, 1.807) is 19.9 Å². The molecule has 0 aliphatic carbocycles. The molecule has 10 nitrogen and oxygen atoms in total. The Morgan fingerprint density at radius 2 is 1.79 bits per heavy atom. The van der Waals surface area contributed by atoms with Gasteiger partial charge in [-0.25, -0.2) is 14.7 Å². The molecule has 5 amide bonds. The average Bonchev–Trinajstić information content (AvgIpc) is 3.26. The Labute approximate surface area is 233 Å².